The summed E-state index contributed by atoms with van der Waals surface area (Å²) in [5.41, 5.74) is 5.68. The lowest BCUT2D eigenvalue weighted by Crippen LogP contribution is -2.28. The van der Waals surface area contributed by atoms with E-state index in [4.69, 9.17) is 5.84 Å². The Kier molecular flexibility index (Phi) is 3.95. The highest BCUT2D eigenvalue weighted by molar-refractivity contribution is 6.04. The zero-order valence-corrected chi connectivity index (χ0v) is 11.7. The van der Waals surface area contributed by atoms with Gasteiger partial charge >= 0.3 is 0 Å². The van der Waals surface area contributed by atoms with Crippen molar-refractivity contribution in [3.8, 4) is 0 Å². The summed E-state index contributed by atoms with van der Waals surface area (Å²) < 4.78 is 0. The largest absolute Gasteiger partial charge is 0.310 e. The third-order valence-electron chi connectivity index (χ3n) is 3.05. The standard InChI is InChI=1S/C14H17N5O/c1-9-4-6-12(10(2)8-9)19(3)14(20)11-5-7-13(16-15)18-17-11/h4-8H,15H2,1-3H3,(H,16,18). The molecule has 0 saturated heterocycles. The van der Waals surface area contributed by atoms with Gasteiger partial charge in [0.25, 0.3) is 5.91 Å². The molecule has 0 unspecified atom stereocenters. The van der Waals surface area contributed by atoms with Crippen LogP contribution in [-0.4, -0.2) is 23.2 Å². The highest BCUT2D eigenvalue weighted by Gasteiger charge is 2.16. The number of nitrogen functional groups attached to an aromatic ring is 1. The van der Waals surface area contributed by atoms with Crippen LogP contribution in [0.25, 0.3) is 0 Å². The predicted molar refractivity (Wildman–Crippen MR) is 78.5 cm³/mol. The number of aryl methyl sites for hydroxylation is 2. The minimum Gasteiger partial charge on any atom is -0.310 e. The van der Waals surface area contributed by atoms with Crippen molar-refractivity contribution in [1.82, 2.24) is 10.2 Å². The van der Waals surface area contributed by atoms with E-state index in [1.54, 1.807) is 24.1 Å². The van der Waals surface area contributed by atoms with E-state index in [9.17, 15) is 4.79 Å². The van der Waals surface area contributed by atoms with Gasteiger partial charge in [-0.05, 0) is 37.6 Å². The molecule has 0 spiro atoms. The maximum atomic E-state index is 12.4. The van der Waals surface area contributed by atoms with Crippen LogP contribution in [0.15, 0.2) is 30.3 Å². The molecule has 0 aliphatic carbocycles. The number of anilines is 2. The van der Waals surface area contributed by atoms with E-state index in [2.05, 4.69) is 15.6 Å². The zero-order chi connectivity index (χ0) is 14.7. The molecular formula is C14H17N5O. The summed E-state index contributed by atoms with van der Waals surface area (Å²) >= 11 is 0. The van der Waals surface area contributed by atoms with E-state index in [0.29, 0.717) is 5.82 Å². The Morgan fingerprint density at radius 2 is 1.95 bits per heavy atom. The van der Waals surface area contributed by atoms with E-state index >= 15 is 0 Å². The van der Waals surface area contributed by atoms with Gasteiger partial charge in [-0.3, -0.25) is 4.79 Å². The first kappa shape index (κ1) is 14.0. The maximum absolute atomic E-state index is 12.4. The van der Waals surface area contributed by atoms with Crippen LogP contribution in [0.1, 0.15) is 21.6 Å². The lowest BCUT2D eigenvalue weighted by atomic mass is 10.1. The number of rotatable bonds is 3. The molecule has 6 heteroatoms. The van der Waals surface area contributed by atoms with Crippen molar-refractivity contribution in [2.24, 2.45) is 5.84 Å². The van der Waals surface area contributed by atoms with Crippen LogP contribution in [0.5, 0.6) is 0 Å². The van der Waals surface area contributed by atoms with E-state index < -0.39 is 0 Å². The molecule has 1 aromatic carbocycles. The molecule has 0 aliphatic rings. The quantitative estimate of drug-likeness (QED) is 0.655. The van der Waals surface area contributed by atoms with Gasteiger partial charge in [0.1, 0.15) is 0 Å². The van der Waals surface area contributed by atoms with Crippen molar-refractivity contribution >= 4 is 17.4 Å². The number of nitrogens with zero attached hydrogens (tertiary/aromatic N) is 3. The Hall–Kier alpha value is -2.47. The molecule has 2 rings (SSSR count). The number of benzene rings is 1. The average molecular weight is 271 g/mol. The van der Waals surface area contributed by atoms with Crippen LogP contribution in [0.2, 0.25) is 0 Å². The van der Waals surface area contributed by atoms with Crippen molar-refractivity contribution in [2.75, 3.05) is 17.4 Å². The normalized spacial score (nSPS) is 10.2. The SMILES string of the molecule is Cc1ccc(N(C)C(=O)c2ccc(NN)nn2)c(C)c1. The van der Waals surface area contributed by atoms with Crippen LogP contribution in [0.3, 0.4) is 0 Å². The number of nitrogens with one attached hydrogen (secondary N) is 1. The molecular weight excluding hydrogens is 254 g/mol. The van der Waals surface area contributed by atoms with E-state index in [1.165, 1.54) is 0 Å². The molecule has 2 aromatic rings. The van der Waals surface area contributed by atoms with Gasteiger partial charge in [-0.25, -0.2) is 5.84 Å². The molecule has 0 bridgehead atoms. The van der Waals surface area contributed by atoms with Crippen LogP contribution < -0.4 is 16.2 Å². The molecule has 0 radical (unpaired) electrons. The molecule has 0 aliphatic heterocycles. The van der Waals surface area contributed by atoms with E-state index in [0.717, 1.165) is 16.8 Å². The maximum Gasteiger partial charge on any atom is 0.278 e. The second-order valence-corrected chi connectivity index (χ2v) is 4.60. The Morgan fingerprint density at radius 3 is 2.50 bits per heavy atom. The first-order valence-corrected chi connectivity index (χ1v) is 6.18. The Balaban J connectivity index is 2.27. The summed E-state index contributed by atoms with van der Waals surface area (Å²) in [6, 6.07) is 9.12. The number of amides is 1. The third-order valence-corrected chi connectivity index (χ3v) is 3.05. The number of carbonyl (C=O) groups is 1. The molecule has 6 nitrogen and oxygen atoms in total. The number of hydrogen-bond donors (Lipinski definition) is 2. The second kappa shape index (κ2) is 5.66. The average Bonchev–Trinajstić information content (AvgIpc) is 2.46. The first-order chi connectivity index (χ1) is 9.52. The number of nitrogens with two attached hydrogens (primary N) is 1. The first-order valence-electron chi connectivity index (χ1n) is 6.18. The Labute approximate surface area is 117 Å². The lowest BCUT2D eigenvalue weighted by Gasteiger charge is -2.19. The highest BCUT2D eigenvalue weighted by Crippen LogP contribution is 2.21. The van der Waals surface area contributed by atoms with Crippen LogP contribution in [-0.2, 0) is 0 Å². The van der Waals surface area contributed by atoms with Crippen molar-refractivity contribution in [1.29, 1.82) is 0 Å². The summed E-state index contributed by atoms with van der Waals surface area (Å²) in [7, 11) is 1.72. The highest BCUT2D eigenvalue weighted by atomic mass is 16.2. The minimum atomic E-state index is -0.215. The fourth-order valence-electron chi connectivity index (χ4n) is 1.99. The summed E-state index contributed by atoms with van der Waals surface area (Å²) in [6.07, 6.45) is 0. The van der Waals surface area contributed by atoms with E-state index in [1.807, 2.05) is 32.0 Å². The minimum absolute atomic E-state index is 0.215. The molecule has 1 heterocycles. The second-order valence-electron chi connectivity index (χ2n) is 4.60. The van der Waals surface area contributed by atoms with Crippen molar-refractivity contribution in [3.05, 3.63) is 47.2 Å². The molecule has 3 N–H and O–H groups in total. The lowest BCUT2D eigenvalue weighted by molar-refractivity contribution is 0.0987. The fraction of sp³-hybridized carbons (Fsp3) is 0.214. The van der Waals surface area contributed by atoms with E-state index in [-0.39, 0.29) is 11.6 Å². The number of hydrogen-bond acceptors (Lipinski definition) is 5. The summed E-state index contributed by atoms with van der Waals surface area (Å²) in [6.45, 7) is 3.99. The number of aromatic nitrogens is 2. The van der Waals surface area contributed by atoms with Crippen molar-refractivity contribution in [2.45, 2.75) is 13.8 Å². The molecule has 104 valence electrons. The van der Waals surface area contributed by atoms with Crippen molar-refractivity contribution in [3.63, 3.8) is 0 Å². The van der Waals surface area contributed by atoms with Gasteiger partial charge in [0, 0.05) is 12.7 Å². The third kappa shape index (κ3) is 2.75. The molecule has 0 atom stereocenters. The Bertz CT molecular complexity index is 624. The Morgan fingerprint density at radius 1 is 1.20 bits per heavy atom. The summed E-state index contributed by atoms with van der Waals surface area (Å²) in [5, 5.41) is 7.66. The van der Waals surface area contributed by atoms with Gasteiger partial charge in [-0.2, -0.15) is 0 Å². The molecule has 0 fully saturated rings. The van der Waals surface area contributed by atoms with Gasteiger partial charge in [0.2, 0.25) is 0 Å². The number of carbonyl (C=O) groups excluding carboxylic acids is 1. The summed E-state index contributed by atoms with van der Waals surface area (Å²) in [5.74, 6) is 5.41. The monoisotopic (exact) mass is 271 g/mol. The smallest absolute Gasteiger partial charge is 0.278 e. The number of hydrazine groups is 1. The van der Waals surface area contributed by atoms with Crippen LogP contribution in [0.4, 0.5) is 11.5 Å². The van der Waals surface area contributed by atoms with Crippen LogP contribution >= 0.6 is 0 Å². The molecule has 1 aromatic heterocycles. The van der Waals surface area contributed by atoms with Gasteiger partial charge in [0.05, 0.1) is 0 Å². The molecule has 1 amide bonds. The van der Waals surface area contributed by atoms with Gasteiger partial charge in [0.15, 0.2) is 11.5 Å². The van der Waals surface area contributed by atoms with Gasteiger partial charge < -0.3 is 10.3 Å². The topological polar surface area (TPSA) is 84.1 Å². The zero-order valence-electron chi connectivity index (χ0n) is 11.7. The summed E-state index contributed by atoms with van der Waals surface area (Å²) in [4.78, 5) is 13.9. The predicted octanol–water partition coefficient (Wildman–Crippen LogP) is 1.66. The van der Waals surface area contributed by atoms with Crippen LogP contribution in [0, 0.1) is 13.8 Å². The fourth-order valence-corrected chi connectivity index (χ4v) is 1.99. The van der Waals surface area contributed by atoms with Gasteiger partial charge in [-0.15, -0.1) is 10.2 Å². The molecule has 0 saturated carbocycles. The van der Waals surface area contributed by atoms with Crippen molar-refractivity contribution < 1.29 is 4.79 Å². The van der Waals surface area contributed by atoms with Gasteiger partial charge in [-0.1, -0.05) is 17.7 Å². The molecule has 20 heavy (non-hydrogen) atoms.